The lowest BCUT2D eigenvalue weighted by atomic mass is 9.58. The molecule has 12 nitrogen and oxygen atoms in total. The zero-order valence-corrected chi connectivity index (χ0v) is 24.6. The number of hydrogen-bond donors (Lipinski definition) is 7. The average Bonchev–Trinajstić information content (AvgIpc) is 2.84. The summed E-state index contributed by atoms with van der Waals surface area (Å²) in [6.07, 6.45) is 1.72. The standard InChI is InChI=1S/C29H41N5O7/c1-27(2,3)33-12-28(4,5)11-32-26-22(37)16-14(10-31-26)8-13-9-15-19(34(6)7)21(36)18(25(30)40)24(39)29(15,41)23(38)17(13)20(16)35/h10,13,15,19,33,36-38,41H,8-9,11-12H2,1-7H3,(H2,30,40)(H,31,32)/t13-,15-,19-,29-/m0/s1. The minimum atomic E-state index is -2.67. The summed E-state index contributed by atoms with van der Waals surface area (Å²) in [6, 6.07) is -1.03. The third-order valence-electron chi connectivity index (χ3n) is 8.29. The molecule has 12 heteroatoms. The van der Waals surface area contributed by atoms with E-state index in [1.165, 1.54) is 11.1 Å². The molecule has 4 rings (SSSR count). The number of primary amides is 1. The molecule has 0 radical (unpaired) electrons. The Morgan fingerprint density at radius 1 is 1.15 bits per heavy atom. The highest BCUT2D eigenvalue weighted by molar-refractivity contribution is 6.24. The van der Waals surface area contributed by atoms with Gasteiger partial charge in [-0.15, -0.1) is 0 Å². The number of anilines is 1. The van der Waals surface area contributed by atoms with Crippen molar-refractivity contribution in [1.82, 2.24) is 15.2 Å². The van der Waals surface area contributed by atoms with Crippen LogP contribution in [-0.2, 0) is 16.0 Å². The number of carbonyl (C=O) groups is 3. The van der Waals surface area contributed by atoms with Gasteiger partial charge in [-0.25, -0.2) is 4.98 Å². The van der Waals surface area contributed by atoms with E-state index in [2.05, 4.69) is 36.4 Å². The molecule has 41 heavy (non-hydrogen) atoms. The number of allylic oxidation sites excluding steroid dienone is 1. The largest absolute Gasteiger partial charge is 0.510 e. The number of fused-ring (bicyclic) bond motifs is 3. The third kappa shape index (κ3) is 5.08. The van der Waals surface area contributed by atoms with E-state index in [0.717, 1.165) is 0 Å². The topological polar surface area (TPSA) is 198 Å². The van der Waals surface area contributed by atoms with Gasteiger partial charge in [0.05, 0.1) is 11.6 Å². The first-order chi connectivity index (χ1) is 18.8. The Bertz CT molecular complexity index is 1370. The van der Waals surface area contributed by atoms with Crippen molar-refractivity contribution in [2.75, 3.05) is 32.5 Å². The number of pyridine rings is 1. The van der Waals surface area contributed by atoms with Gasteiger partial charge in [0.1, 0.15) is 17.1 Å². The second-order valence-corrected chi connectivity index (χ2v) is 13.4. The summed E-state index contributed by atoms with van der Waals surface area (Å²) in [5.74, 6) is -6.76. The van der Waals surface area contributed by atoms with Crippen LogP contribution in [0.5, 0.6) is 5.75 Å². The van der Waals surface area contributed by atoms with Crippen molar-refractivity contribution in [2.24, 2.45) is 23.0 Å². The summed E-state index contributed by atoms with van der Waals surface area (Å²) < 4.78 is 0. The number of nitrogens with zero attached hydrogens (tertiary/aromatic N) is 2. The van der Waals surface area contributed by atoms with E-state index >= 15 is 0 Å². The number of carbonyl (C=O) groups excluding carboxylic acids is 3. The van der Waals surface area contributed by atoms with Gasteiger partial charge in [-0.05, 0) is 64.6 Å². The molecule has 0 fully saturated rings. The van der Waals surface area contributed by atoms with Crippen LogP contribution in [0.4, 0.5) is 5.82 Å². The minimum Gasteiger partial charge on any atom is -0.510 e. The van der Waals surface area contributed by atoms with Crippen molar-refractivity contribution in [3.05, 3.63) is 40.0 Å². The van der Waals surface area contributed by atoms with Gasteiger partial charge in [-0.2, -0.15) is 0 Å². The summed E-state index contributed by atoms with van der Waals surface area (Å²) in [4.78, 5) is 45.2. The molecule has 8 N–H and O–H groups in total. The number of aromatic nitrogens is 1. The van der Waals surface area contributed by atoms with Crippen molar-refractivity contribution >= 4 is 23.3 Å². The van der Waals surface area contributed by atoms with E-state index in [0.29, 0.717) is 18.7 Å². The number of Topliss-reactive ketones (excluding diaryl/α,β-unsaturated/α-hetero) is 2. The molecule has 3 aliphatic carbocycles. The molecule has 0 spiro atoms. The number of aliphatic hydroxyl groups excluding tert-OH is 2. The van der Waals surface area contributed by atoms with Gasteiger partial charge in [-0.1, -0.05) is 13.8 Å². The number of rotatable bonds is 7. The Kier molecular flexibility index (Phi) is 7.51. The highest BCUT2D eigenvalue weighted by atomic mass is 16.3. The number of nitrogens with two attached hydrogens (primary N) is 1. The Hall–Kier alpha value is -3.48. The van der Waals surface area contributed by atoms with Crippen LogP contribution in [0.2, 0.25) is 0 Å². The maximum Gasteiger partial charge on any atom is 0.255 e. The fraction of sp³-hybridized carbons (Fsp3) is 0.586. The van der Waals surface area contributed by atoms with Crippen LogP contribution < -0.4 is 16.4 Å². The molecule has 1 aromatic rings. The minimum absolute atomic E-state index is 0.0293. The maximum atomic E-state index is 13.8. The zero-order valence-electron chi connectivity index (χ0n) is 24.6. The Morgan fingerprint density at radius 3 is 2.34 bits per heavy atom. The van der Waals surface area contributed by atoms with Gasteiger partial charge in [0.15, 0.2) is 23.0 Å². The second-order valence-electron chi connectivity index (χ2n) is 13.4. The SMILES string of the molecule is CN(C)[C@@H]1C(O)=C(C(N)=O)C(=O)[C@@]2(O)C(O)=C3C(=O)c4c(cnc(NCC(C)(C)CNC(C)(C)C)c4O)C[C@H]3C[C@@H]12. The second kappa shape index (κ2) is 10.1. The number of aliphatic hydroxyl groups is 3. The van der Waals surface area contributed by atoms with Crippen LogP contribution in [0.15, 0.2) is 28.9 Å². The van der Waals surface area contributed by atoms with Crippen LogP contribution in [0.3, 0.4) is 0 Å². The highest BCUT2D eigenvalue weighted by Gasteiger charge is 2.63. The molecular weight excluding hydrogens is 530 g/mol. The van der Waals surface area contributed by atoms with Gasteiger partial charge in [0, 0.05) is 36.3 Å². The molecule has 0 bridgehead atoms. The molecule has 0 saturated heterocycles. The van der Waals surface area contributed by atoms with Crippen LogP contribution in [-0.4, -0.2) is 92.2 Å². The monoisotopic (exact) mass is 571 g/mol. The first kappa shape index (κ1) is 30.5. The number of nitrogens with one attached hydrogen (secondary N) is 2. The fourth-order valence-electron chi connectivity index (χ4n) is 6.13. The first-order valence-electron chi connectivity index (χ1n) is 13.7. The van der Waals surface area contributed by atoms with E-state index in [-0.39, 0.29) is 40.7 Å². The molecule has 1 amide bonds. The summed E-state index contributed by atoms with van der Waals surface area (Å²) in [5, 5.41) is 51.6. The lowest BCUT2D eigenvalue weighted by Crippen LogP contribution is -2.63. The van der Waals surface area contributed by atoms with Gasteiger partial charge >= 0.3 is 0 Å². The quantitative estimate of drug-likeness (QED) is 0.233. The summed E-state index contributed by atoms with van der Waals surface area (Å²) >= 11 is 0. The van der Waals surface area contributed by atoms with Crippen LogP contribution >= 0.6 is 0 Å². The lowest BCUT2D eigenvalue weighted by Gasteiger charge is -2.50. The number of likely N-dealkylation sites (N-methyl/N-ethyl adjacent to an activating group) is 1. The molecule has 1 heterocycles. The van der Waals surface area contributed by atoms with E-state index in [1.807, 2.05) is 13.8 Å². The fourth-order valence-corrected chi connectivity index (χ4v) is 6.13. The van der Waals surface area contributed by atoms with Crippen molar-refractivity contribution in [3.8, 4) is 5.75 Å². The molecule has 224 valence electrons. The summed E-state index contributed by atoms with van der Waals surface area (Å²) in [7, 11) is 3.18. The normalized spacial score (nSPS) is 26.6. The van der Waals surface area contributed by atoms with E-state index in [1.54, 1.807) is 14.1 Å². The Labute approximate surface area is 239 Å². The summed E-state index contributed by atoms with van der Waals surface area (Å²) in [5.41, 5.74) is 1.73. The molecule has 4 atom stereocenters. The predicted molar refractivity (Wildman–Crippen MR) is 151 cm³/mol. The molecule has 0 aromatic carbocycles. The van der Waals surface area contributed by atoms with E-state index < -0.39 is 63.8 Å². The first-order valence-corrected chi connectivity index (χ1v) is 13.7. The maximum absolute atomic E-state index is 13.8. The van der Waals surface area contributed by atoms with Crippen molar-refractivity contribution in [1.29, 1.82) is 0 Å². The number of hydrogen-bond acceptors (Lipinski definition) is 11. The van der Waals surface area contributed by atoms with Gasteiger partial charge in [-0.3, -0.25) is 19.3 Å². The van der Waals surface area contributed by atoms with Gasteiger partial charge in [0.25, 0.3) is 5.91 Å². The number of aromatic hydroxyl groups is 1. The van der Waals surface area contributed by atoms with Crippen LogP contribution in [0.25, 0.3) is 0 Å². The van der Waals surface area contributed by atoms with E-state index in [9.17, 15) is 34.8 Å². The zero-order chi connectivity index (χ0) is 30.8. The van der Waals surface area contributed by atoms with Crippen LogP contribution in [0, 0.1) is 17.3 Å². The van der Waals surface area contributed by atoms with Crippen molar-refractivity contribution in [3.63, 3.8) is 0 Å². The molecular formula is C29H41N5O7. The Balaban J connectivity index is 1.73. The van der Waals surface area contributed by atoms with E-state index in [4.69, 9.17) is 5.73 Å². The smallest absolute Gasteiger partial charge is 0.255 e. The number of ketones is 2. The summed E-state index contributed by atoms with van der Waals surface area (Å²) in [6.45, 7) is 11.4. The van der Waals surface area contributed by atoms with Crippen molar-refractivity contribution in [2.45, 2.75) is 64.6 Å². The van der Waals surface area contributed by atoms with Crippen molar-refractivity contribution < 1.29 is 34.8 Å². The average molecular weight is 572 g/mol. The highest BCUT2D eigenvalue weighted by Crippen LogP contribution is 2.52. The molecule has 0 saturated carbocycles. The lowest BCUT2D eigenvalue weighted by molar-refractivity contribution is -0.148. The number of amides is 1. The molecule has 0 unspecified atom stereocenters. The predicted octanol–water partition coefficient (Wildman–Crippen LogP) is 1.34. The molecule has 1 aromatic heterocycles. The van der Waals surface area contributed by atoms with Gasteiger partial charge in [0.2, 0.25) is 5.78 Å². The van der Waals surface area contributed by atoms with Gasteiger partial charge < -0.3 is 36.8 Å². The molecule has 3 aliphatic rings. The molecule has 0 aliphatic heterocycles. The third-order valence-corrected chi connectivity index (χ3v) is 8.29. The van der Waals surface area contributed by atoms with Crippen LogP contribution in [0.1, 0.15) is 57.0 Å². The Morgan fingerprint density at radius 2 is 1.78 bits per heavy atom.